The van der Waals surface area contributed by atoms with E-state index in [0.717, 1.165) is 30.7 Å². The summed E-state index contributed by atoms with van der Waals surface area (Å²) in [5, 5.41) is 19.2. The van der Waals surface area contributed by atoms with Crippen molar-refractivity contribution in [1.82, 2.24) is 0 Å². The summed E-state index contributed by atoms with van der Waals surface area (Å²) in [4.78, 5) is 0. The molecule has 0 saturated carbocycles. The van der Waals surface area contributed by atoms with E-state index in [1.54, 1.807) is 0 Å². The molecule has 0 aromatic heterocycles. The molecule has 1 aromatic rings. The molecule has 0 bridgehead atoms. The van der Waals surface area contributed by atoms with Crippen LogP contribution in [0.1, 0.15) is 82.3 Å². The lowest BCUT2D eigenvalue weighted by molar-refractivity contribution is -0.941. The van der Waals surface area contributed by atoms with Crippen molar-refractivity contribution < 1.29 is 14.7 Å². The lowest BCUT2D eigenvalue weighted by Gasteiger charge is -2.38. The van der Waals surface area contributed by atoms with Crippen molar-refractivity contribution in [2.24, 2.45) is 0 Å². The lowest BCUT2D eigenvalue weighted by atomic mass is 10.1. The number of quaternary nitrogens is 1. The van der Waals surface area contributed by atoms with Gasteiger partial charge in [-0.15, -0.1) is 0 Å². The highest BCUT2D eigenvalue weighted by Gasteiger charge is 2.26. The quantitative estimate of drug-likeness (QED) is 0.288. The number of nitrogens with zero attached hydrogens (tertiary/aromatic N) is 1. The van der Waals surface area contributed by atoms with E-state index in [4.69, 9.17) is 0 Å². The first-order chi connectivity index (χ1) is 13.2. The molecule has 0 aliphatic carbocycles. The van der Waals surface area contributed by atoms with Crippen LogP contribution >= 0.6 is 0 Å². The van der Waals surface area contributed by atoms with Crippen molar-refractivity contribution in [3.63, 3.8) is 0 Å². The van der Waals surface area contributed by atoms with Crippen molar-refractivity contribution >= 4 is 0 Å². The van der Waals surface area contributed by atoms with Gasteiger partial charge in [-0.2, -0.15) is 0 Å². The molecular formula is C24H44NO2+. The van der Waals surface area contributed by atoms with Gasteiger partial charge < -0.3 is 14.7 Å². The average molecular weight is 379 g/mol. The van der Waals surface area contributed by atoms with Gasteiger partial charge in [0.15, 0.2) is 0 Å². The Hall–Kier alpha value is -0.900. The molecule has 0 fully saturated rings. The zero-order chi connectivity index (χ0) is 19.8. The van der Waals surface area contributed by atoms with Crippen molar-refractivity contribution in [3.8, 4) is 0 Å². The van der Waals surface area contributed by atoms with Crippen molar-refractivity contribution in [3.05, 3.63) is 35.4 Å². The van der Waals surface area contributed by atoms with E-state index in [0.29, 0.717) is 0 Å². The molecule has 1 rings (SSSR count). The minimum Gasteiger partial charge on any atom is -0.391 e. The van der Waals surface area contributed by atoms with Crippen LogP contribution < -0.4 is 0 Å². The maximum Gasteiger partial charge on any atom is 0.104 e. The molecule has 156 valence electrons. The lowest BCUT2D eigenvalue weighted by Crippen LogP contribution is -2.51. The molecule has 3 heteroatoms. The molecule has 3 nitrogen and oxygen atoms in total. The molecule has 0 saturated heterocycles. The Kier molecular flexibility index (Phi) is 13.5. The number of hydrogen-bond donors (Lipinski definition) is 2. The van der Waals surface area contributed by atoms with Crippen LogP contribution in [-0.2, 0) is 6.54 Å². The first-order valence-electron chi connectivity index (χ1n) is 11.3. The van der Waals surface area contributed by atoms with Crippen LogP contribution in [-0.4, -0.2) is 47.5 Å². The highest BCUT2D eigenvalue weighted by atomic mass is 16.3. The van der Waals surface area contributed by atoms with Gasteiger partial charge in [-0.25, -0.2) is 0 Å². The van der Waals surface area contributed by atoms with E-state index in [2.05, 4.69) is 38.1 Å². The Labute approximate surface area is 168 Å². The van der Waals surface area contributed by atoms with Crippen LogP contribution in [0.25, 0.3) is 0 Å². The fraction of sp³-hybridized carbons (Fsp3) is 0.750. The maximum atomic E-state index is 9.61. The fourth-order valence-corrected chi connectivity index (χ4v) is 4.01. The topological polar surface area (TPSA) is 40.5 Å². The Morgan fingerprint density at radius 2 is 1.15 bits per heavy atom. The largest absolute Gasteiger partial charge is 0.391 e. The van der Waals surface area contributed by atoms with Gasteiger partial charge in [0.25, 0.3) is 0 Å². The number of aliphatic hydroxyl groups excluding tert-OH is 2. The summed E-state index contributed by atoms with van der Waals surface area (Å²) in [6.07, 6.45) is 13.4. The summed E-state index contributed by atoms with van der Waals surface area (Å²) in [6, 6.07) is 8.69. The van der Waals surface area contributed by atoms with E-state index < -0.39 is 0 Å². The Balaban J connectivity index is 2.37. The zero-order valence-electron chi connectivity index (χ0n) is 18.0. The third kappa shape index (κ3) is 10.9. The van der Waals surface area contributed by atoms with Crippen LogP contribution in [0, 0.1) is 6.92 Å². The van der Waals surface area contributed by atoms with E-state index >= 15 is 0 Å². The SMILES string of the molecule is CCCCCCCCCCCC[N+](CCO)(CCO)Cc1ccc(C)cc1. The summed E-state index contributed by atoms with van der Waals surface area (Å²) in [5.41, 5.74) is 2.57. The number of unbranched alkanes of at least 4 members (excludes halogenated alkanes) is 9. The Morgan fingerprint density at radius 1 is 0.667 bits per heavy atom. The van der Waals surface area contributed by atoms with Gasteiger partial charge in [-0.1, -0.05) is 88.1 Å². The maximum absolute atomic E-state index is 9.61. The molecule has 0 aliphatic heterocycles. The summed E-state index contributed by atoms with van der Waals surface area (Å²) in [6.45, 7) is 8.15. The van der Waals surface area contributed by atoms with Crippen LogP contribution in [0.5, 0.6) is 0 Å². The molecule has 0 radical (unpaired) electrons. The summed E-state index contributed by atoms with van der Waals surface area (Å²) < 4.78 is 0.799. The van der Waals surface area contributed by atoms with Crippen LogP contribution in [0.3, 0.4) is 0 Å². The van der Waals surface area contributed by atoms with Crippen molar-refractivity contribution in [2.75, 3.05) is 32.8 Å². The highest BCUT2D eigenvalue weighted by molar-refractivity contribution is 5.20. The predicted molar refractivity (Wildman–Crippen MR) is 116 cm³/mol. The monoisotopic (exact) mass is 378 g/mol. The second kappa shape index (κ2) is 15.1. The van der Waals surface area contributed by atoms with Gasteiger partial charge in [0.1, 0.15) is 19.6 Å². The van der Waals surface area contributed by atoms with Crippen LogP contribution in [0.4, 0.5) is 0 Å². The predicted octanol–water partition coefficient (Wildman–Crippen LogP) is 5.22. The first kappa shape index (κ1) is 24.1. The number of rotatable bonds is 17. The van der Waals surface area contributed by atoms with Gasteiger partial charge >= 0.3 is 0 Å². The summed E-state index contributed by atoms with van der Waals surface area (Å²) in [5.74, 6) is 0. The molecular weight excluding hydrogens is 334 g/mol. The molecule has 0 aliphatic rings. The fourth-order valence-electron chi connectivity index (χ4n) is 4.01. The average Bonchev–Trinajstić information content (AvgIpc) is 2.66. The third-order valence-electron chi connectivity index (χ3n) is 5.77. The summed E-state index contributed by atoms with van der Waals surface area (Å²) in [7, 11) is 0. The van der Waals surface area contributed by atoms with Gasteiger partial charge in [0.2, 0.25) is 0 Å². The molecule has 0 spiro atoms. The van der Waals surface area contributed by atoms with Crippen LogP contribution in [0.2, 0.25) is 0 Å². The second-order valence-corrected chi connectivity index (χ2v) is 8.29. The minimum absolute atomic E-state index is 0.184. The zero-order valence-corrected chi connectivity index (χ0v) is 18.0. The summed E-state index contributed by atoms with van der Waals surface area (Å²) >= 11 is 0. The molecule has 2 N–H and O–H groups in total. The van der Waals surface area contributed by atoms with Crippen molar-refractivity contribution in [1.29, 1.82) is 0 Å². The van der Waals surface area contributed by atoms with Crippen LogP contribution in [0.15, 0.2) is 24.3 Å². The molecule has 0 heterocycles. The standard InChI is InChI=1S/C24H44NO2/c1-3-4-5-6-7-8-9-10-11-12-17-25(18-20-26,19-21-27)22-24-15-13-23(2)14-16-24/h13-16,26-27H,3-12,17-22H2,1-2H3/q+1. The Morgan fingerprint density at radius 3 is 1.63 bits per heavy atom. The normalized spacial score (nSPS) is 11.9. The van der Waals surface area contributed by atoms with Gasteiger partial charge in [0, 0.05) is 5.56 Å². The second-order valence-electron chi connectivity index (χ2n) is 8.29. The smallest absolute Gasteiger partial charge is 0.104 e. The first-order valence-corrected chi connectivity index (χ1v) is 11.3. The number of hydrogen-bond acceptors (Lipinski definition) is 2. The highest BCUT2D eigenvalue weighted by Crippen LogP contribution is 2.18. The molecule has 0 atom stereocenters. The third-order valence-corrected chi connectivity index (χ3v) is 5.77. The number of aryl methyl sites for hydroxylation is 1. The van der Waals surface area contributed by atoms with E-state index in [1.807, 2.05) is 0 Å². The molecule has 27 heavy (non-hydrogen) atoms. The van der Waals surface area contributed by atoms with E-state index in [-0.39, 0.29) is 13.2 Å². The molecule has 1 aromatic carbocycles. The molecule has 0 amide bonds. The van der Waals surface area contributed by atoms with Gasteiger partial charge in [-0.05, 0) is 19.8 Å². The van der Waals surface area contributed by atoms with Gasteiger partial charge in [0.05, 0.1) is 19.8 Å². The Bertz CT molecular complexity index is 452. The van der Waals surface area contributed by atoms with E-state index in [9.17, 15) is 10.2 Å². The minimum atomic E-state index is 0.184. The van der Waals surface area contributed by atoms with Gasteiger partial charge in [-0.3, -0.25) is 0 Å². The molecule has 0 unspecified atom stereocenters. The van der Waals surface area contributed by atoms with E-state index in [1.165, 1.54) is 75.3 Å². The van der Waals surface area contributed by atoms with Crippen molar-refractivity contribution in [2.45, 2.75) is 84.6 Å². The number of aliphatic hydroxyl groups is 2. The number of benzene rings is 1.